The van der Waals surface area contributed by atoms with E-state index in [2.05, 4.69) is 11.4 Å². The fourth-order valence-corrected chi connectivity index (χ4v) is 1.14. The molecular weight excluding hydrogens is 178 g/mol. The van der Waals surface area contributed by atoms with Gasteiger partial charge in [-0.3, -0.25) is 5.32 Å². The van der Waals surface area contributed by atoms with E-state index < -0.39 is 5.60 Å². The minimum Gasteiger partial charge on any atom is -0.444 e. The first-order valence-electron chi connectivity index (χ1n) is 4.83. The molecule has 1 N–H and O–H groups in total. The van der Waals surface area contributed by atoms with Crippen LogP contribution in [0, 0.1) is 0 Å². The molecule has 0 aromatic carbocycles. The standard InChI is InChI=1S/C11H17NO2/c1-11(2,3)14-10(13)12-9-7-5-4-6-8-9/h4-5,7H,6,8H2,1-3H3,(H,12,13). The minimum atomic E-state index is -0.435. The maximum atomic E-state index is 11.3. The van der Waals surface area contributed by atoms with Crippen molar-refractivity contribution in [3.8, 4) is 0 Å². The van der Waals surface area contributed by atoms with Crippen LogP contribution in [0.3, 0.4) is 0 Å². The van der Waals surface area contributed by atoms with E-state index in [1.807, 2.05) is 32.9 Å². The number of alkyl carbamates (subject to hydrolysis) is 1. The number of ether oxygens (including phenoxy) is 1. The van der Waals surface area contributed by atoms with Crippen molar-refractivity contribution in [2.75, 3.05) is 0 Å². The smallest absolute Gasteiger partial charge is 0.411 e. The molecular formula is C11H17NO2. The molecule has 78 valence electrons. The third-order valence-corrected chi connectivity index (χ3v) is 1.68. The van der Waals surface area contributed by atoms with Gasteiger partial charge in [-0.25, -0.2) is 4.79 Å². The summed E-state index contributed by atoms with van der Waals surface area (Å²) in [5.74, 6) is 0. The maximum absolute atomic E-state index is 11.3. The van der Waals surface area contributed by atoms with Gasteiger partial charge in [0, 0.05) is 5.70 Å². The summed E-state index contributed by atoms with van der Waals surface area (Å²) in [7, 11) is 0. The predicted octanol–water partition coefficient (Wildman–Crippen LogP) is 2.75. The highest BCUT2D eigenvalue weighted by Crippen LogP contribution is 2.11. The Hall–Kier alpha value is -1.25. The summed E-state index contributed by atoms with van der Waals surface area (Å²) in [6.45, 7) is 5.55. The zero-order valence-electron chi connectivity index (χ0n) is 8.96. The number of hydrogen-bond acceptors (Lipinski definition) is 2. The van der Waals surface area contributed by atoms with Gasteiger partial charge in [0.1, 0.15) is 5.60 Å². The number of carbonyl (C=O) groups is 1. The van der Waals surface area contributed by atoms with Gasteiger partial charge in [0.2, 0.25) is 0 Å². The highest BCUT2D eigenvalue weighted by atomic mass is 16.6. The molecule has 1 aliphatic carbocycles. The van der Waals surface area contributed by atoms with Crippen molar-refractivity contribution in [3.05, 3.63) is 23.9 Å². The molecule has 0 aromatic rings. The molecule has 0 aliphatic heterocycles. The van der Waals surface area contributed by atoms with Gasteiger partial charge in [0.25, 0.3) is 0 Å². The van der Waals surface area contributed by atoms with Crippen molar-refractivity contribution in [2.24, 2.45) is 0 Å². The molecule has 0 aromatic heterocycles. The van der Waals surface area contributed by atoms with E-state index in [9.17, 15) is 4.79 Å². The Bertz CT molecular complexity index is 272. The van der Waals surface area contributed by atoms with Crippen LogP contribution in [-0.2, 0) is 4.74 Å². The van der Waals surface area contributed by atoms with Gasteiger partial charge in [-0.2, -0.15) is 0 Å². The highest BCUT2D eigenvalue weighted by molar-refractivity contribution is 5.70. The Morgan fingerprint density at radius 1 is 1.50 bits per heavy atom. The van der Waals surface area contributed by atoms with E-state index in [1.165, 1.54) is 0 Å². The average Bonchev–Trinajstić information content (AvgIpc) is 2.02. The molecule has 1 rings (SSSR count). The number of carbonyl (C=O) groups excluding carboxylic acids is 1. The Kier molecular flexibility index (Phi) is 3.33. The molecule has 1 amide bonds. The van der Waals surface area contributed by atoms with Crippen molar-refractivity contribution in [1.82, 2.24) is 5.32 Å². The molecule has 0 atom stereocenters. The zero-order valence-corrected chi connectivity index (χ0v) is 8.96. The van der Waals surface area contributed by atoms with Crippen LogP contribution in [0.1, 0.15) is 33.6 Å². The molecule has 0 saturated carbocycles. The number of allylic oxidation sites excluding steroid dienone is 4. The average molecular weight is 195 g/mol. The van der Waals surface area contributed by atoms with Crippen LogP contribution in [0.5, 0.6) is 0 Å². The first-order chi connectivity index (χ1) is 6.47. The van der Waals surface area contributed by atoms with Crippen LogP contribution in [0.2, 0.25) is 0 Å². The second-order valence-corrected chi connectivity index (χ2v) is 4.29. The van der Waals surface area contributed by atoms with Gasteiger partial charge < -0.3 is 4.74 Å². The fraction of sp³-hybridized carbons (Fsp3) is 0.545. The van der Waals surface area contributed by atoms with E-state index in [0.717, 1.165) is 18.5 Å². The summed E-state index contributed by atoms with van der Waals surface area (Å²) in [6, 6.07) is 0. The lowest BCUT2D eigenvalue weighted by Crippen LogP contribution is -2.32. The van der Waals surface area contributed by atoms with Crippen LogP contribution in [0.15, 0.2) is 23.9 Å². The normalized spacial score (nSPS) is 16.1. The summed E-state index contributed by atoms with van der Waals surface area (Å²) in [4.78, 5) is 11.3. The topological polar surface area (TPSA) is 38.3 Å². The molecule has 0 fully saturated rings. The molecule has 0 radical (unpaired) electrons. The number of nitrogens with one attached hydrogen (secondary N) is 1. The number of rotatable bonds is 1. The van der Waals surface area contributed by atoms with Gasteiger partial charge >= 0.3 is 6.09 Å². The van der Waals surface area contributed by atoms with Gasteiger partial charge in [-0.15, -0.1) is 0 Å². The summed E-state index contributed by atoms with van der Waals surface area (Å²) in [5, 5.41) is 2.72. The Labute approximate surface area is 84.8 Å². The summed E-state index contributed by atoms with van der Waals surface area (Å²) < 4.78 is 5.13. The van der Waals surface area contributed by atoms with Crippen LogP contribution in [0.25, 0.3) is 0 Å². The molecule has 0 unspecified atom stereocenters. The fourth-order valence-electron chi connectivity index (χ4n) is 1.14. The third kappa shape index (κ3) is 4.12. The largest absolute Gasteiger partial charge is 0.444 e. The lowest BCUT2D eigenvalue weighted by atomic mass is 10.1. The van der Waals surface area contributed by atoms with Crippen LogP contribution in [-0.4, -0.2) is 11.7 Å². The minimum absolute atomic E-state index is 0.376. The predicted molar refractivity (Wildman–Crippen MR) is 55.8 cm³/mol. The summed E-state index contributed by atoms with van der Waals surface area (Å²) >= 11 is 0. The first kappa shape index (κ1) is 10.8. The van der Waals surface area contributed by atoms with Crippen LogP contribution >= 0.6 is 0 Å². The van der Waals surface area contributed by atoms with Gasteiger partial charge in [0.15, 0.2) is 0 Å². The lowest BCUT2D eigenvalue weighted by Gasteiger charge is -2.20. The first-order valence-corrected chi connectivity index (χ1v) is 4.83. The summed E-state index contributed by atoms with van der Waals surface area (Å²) in [6.07, 6.45) is 7.38. The van der Waals surface area contributed by atoms with E-state index in [1.54, 1.807) is 0 Å². The Morgan fingerprint density at radius 2 is 2.21 bits per heavy atom. The molecule has 1 aliphatic rings. The highest BCUT2D eigenvalue weighted by Gasteiger charge is 2.16. The molecule has 0 saturated heterocycles. The third-order valence-electron chi connectivity index (χ3n) is 1.68. The van der Waals surface area contributed by atoms with E-state index in [-0.39, 0.29) is 6.09 Å². The SMILES string of the molecule is CC(C)(C)OC(=O)NC1=CC=CCC1. The molecule has 3 heteroatoms. The second kappa shape index (κ2) is 4.31. The van der Waals surface area contributed by atoms with E-state index >= 15 is 0 Å². The molecule has 0 spiro atoms. The zero-order chi connectivity index (χ0) is 10.6. The Morgan fingerprint density at radius 3 is 2.71 bits per heavy atom. The maximum Gasteiger partial charge on any atom is 0.411 e. The molecule has 14 heavy (non-hydrogen) atoms. The van der Waals surface area contributed by atoms with Crippen molar-refractivity contribution >= 4 is 6.09 Å². The molecule has 0 heterocycles. The number of hydrogen-bond donors (Lipinski definition) is 1. The van der Waals surface area contributed by atoms with Crippen LogP contribution in [0.4, 0.5) is 4.79 Å². The van der Waals surface area contributed by atoms with Crippen molar-refractivity contribution in [2.45, 2.75) is 39.2 Å². The van der Waals surface area contributed by atoms with Crippen molar-refractivity contribution in [1.29, 1.82) is 0 Å². The van der Waals surface area contributed by atoms with Crippen LogP contribution < -0.4 is 5.32 Å². The Balaban J connectivity index is 2.41. The van der Waals surface area contributed by atoms with Gasteiger partial charge in [0.05, 0.1) is 0 Å². The number of amides is 1. The van der Waals surface area contributed by atoms with Gasteiger partial charge in [-0.05, 0) is 39.7 Å². The van der Waals surface area contributed by atoms with Crippen molar-refractivity contribution in [3.63, 3.8) is 0 Å². The lowest BCUT2D eigenvalue weighted by molar-refractivity contribution is 0.0544. The van der Waals surface area contributed by atoms with E-state index in [4.69, 9.17) is 4.74 Å². The molecule has 0 bridgehead atoms. The monoisotopic (exact) mass is 195 g/mol. The second-order valence-electron chi connectivity index (χ2n) is 4.29. The van der Waals surface area contributed by atoms with Gasteiger partial charge in [-0.1, -0.05) is 12.2 Å². The van der Waals surface area contributed by atoms with Crippen molar-refractivity contribution < 1.29 is 9.53 Å². The quantitative estimate of drug-likeness (QED) is 0.698. The van der Waals surface area contributed by atoms with E-state index in [0.29, 0.717) is 0 Å². The summed E-state index contributed by atoms with van der Waals surface area (Å²) in [5.41, 5.74) is 0.483. The molecule has 3 nitrogen and oxygen atoms in total.